The molecule has 104 valence electrons. The Morgan fingerprint density at radius 1 is 1.33 bits per heavy atom. The fourth-order valence-corrected chi connectivity index (χ4v) is 2.33. The number of hydrogen-bond acceptors (Lipinski definition) is 3. The summed E-state index contributed by atoms with van der Waals surface area (Å²) in [6.07, 6.45) is 3.25. The van der Waals surface area contributed by atoms with Gasteiger partial charge in [-0.1, -0.05) is 0 Å². The molecule has 0 aromatic rings. The van der Waals surface area contributed by atoms with Crippen LogP contribution in [-0.2, 0) is 14.3 Å². The Hall–Kier alpha value is -1.10. The molecular weight excluding hydrogens is 234 g/mol. The molecule has 0 bridgehead atoms. The van der Waals surface area contributed by atoms with Gasteiger partial charge in [0.15, 0.2) is 0 Å². The van der Waals surface area contributed by atoms with Gasteiger partial charge in [-0.3, -0.25) is 9.59 Å². The average molecular weight is 257 g/mol. The van der Waals surface area contributed by atoms with Crippen LogP contribution < -0.4 is 0 Å². The normalized spacial score (nSPS) is 20.5. The van der Waals surface area contributed by atoms with Crippen LogP contribution in [0.1, 0.15) is 39.0 Å². The number of carbonyl (C=O) groups excluding carboxylic acids is 1. The molecule has 18 heavy (non-hydrogen) atoms. The molecule has 1 fully saturated rings. The van der Waals surface area contributed by atoms with Crippen molar-refractivity contribution in [2.45, 2.75) is 39.0 Å². The quantitative estimate of drug-likeness (QED) is 0.732. The maximum atomic E-state index is 11.9. The molecule has 1 atom stereocenters. The number of rotatable bonds is 6. The van der Waals surface area contributed by atoms with E-state index in [9.17, 15) is 9.59 Å². The topological polar surface area (TPSA) is 66.8 Å². The first-order valence-corrected chi connectivity index (χ1v) is 6.70. The lowest BCUT2D eigenvalue weighted by atomic mass is 9.97. The lowest BCUT2D eigenvalue weighted by Gasteiger charge is -2.20. The van der Waals surface area contributed by atoms with Crippen LogP contribution in [0.25, 0.3) is 0 Å². The molecular formula is C13H23NO4. The van der Waals surface area contributed by atoms with Crippen molar-refractivity contribution in [2.75, 3.05) is 26.3 Å². The van der Waals surface area contributed by atoms with E-state index in [1.807, 2.05) is 11.8 Å². The van der Waals surface area contributed by atoms with E-state index in [4.69, 9.17) is 9.84 Å². The number of ether oxygens (including phenoxy) is 1. The van der Waals surface area contributed by atoms with E-state index in [1.165, 1.54) is 0 Å². The third kappa shape index (κ3) is 5.49. The van der Waals surface area contributed by atoms with Gasteiger partial charge in [-0.25, -0.2) is 0 Å². The highest BCUT2D eigenvalue weighted by Crippen LogP contribution is 2.21. The minimum atomic E-state index is -0.740. The minimum Gasteiger partial charge on any atom is -0.481 e. The molecule has 1 aliphatic heterocycles. The summed E-state index contributed by atoms with van der Waals surface area (Å²) in [5.74, 6) is -0.400. The summed E-state index contributed by atoms with van der Waals surface area (Å²) in [6.45, 7) is 4.45. The molecule has 0 aliphatic carbocycles. The average Bonchev–Trinajstić information content (AvgIpc) is 2.54. The van der Waals surface area contributed by atoms with Crippen molar-refractivity contribution in [1.29, 1.82) is 0 Å². The van der Waals surface area contributed by atoms with Crippen LogP contribution in [0.3, 0.4) is 0 Å². The maximum Gasteiger partial charge on any atom is 0.303 e. The third-order valence-electron chi connectivity index (χ3n) is 3.33. The fourth-order valence-electron chi connectivity index (χ4n) is 2.33. The maximum absolute atomic E-state index is 11.9. The molecule has 1 rings (SSSR count). The van der Waals surface area contributed by atoms with Gasteiger partial charge in [0.25, 0.3) is 0 Å². The van der Waals surface area contributed by atoms with Crippen LogP contribution in [0.5, 0.6) is 0 Å². The third-order valence-corrected chi connectivity index (χ3v) is 3.33. The zero-order valence-corrected chi connectivity index (χ0v) is 11.1. The number of carboxylic acids is 1. The minimum absolute atomic E-state index is 0.124. The van der Waals surface area contributed by atoms with Crippen molar-refractivity contribution < 1.29 is 19.4 Å². The number of likely N-dealkylation sites (tertiary alicyclic amines) is 1. The first-order valence-electron chi connectivity index (χ1n) is 6.70. The molecule has 1 amide bonds. The van der Waals surface area contributed by atoms with E-state index in [-0.39, 0.29) is 18.2 Å². The predicted molar refractivity (Wildman–Crippen MR) is 67.3 cm³/mol. The highest BCUT2D eigenvalue weighted by molar-refractivity contribution is 5.76. The first kappa shape index (κ1) is 15.0. The summed E-state index contributed by atoms with van der Waals surface area (Å²) >= 11 is 0. The molecule has 0 radical (unpaired) electrons. The second kappa shape index (κ2) is 8.08. The van der Waals surface area contributed by atoms with Gasteiger partial charge in [-0.05, 0) is 32.1 Å². The van der Waals surface area contributed by atoms with E-state index in [1.54, 1.807) is 0 Å². The molecule has 0 saturated carbocycles. The molecule has 1 N–H and O–H groups in total. The van der Waals surface area contributed by atoms with Crippen molar-refractivity contribution in [2.24, 2.45) is 5.92 Å². The van der Waals surface area contributed by atoms with Crippen molar-refractivity contribution in [1.82, 2.24) is 4.90 Å². The SMILES string of the molecule is CCOCCC(=O)N1CCCC(CC(=O)O)CC1. The lowest BCUT2D eigenvalue weighted by molar-refractivity contribution is -0.138. The second-order valence-electron chi connectivity index (χ2n) is 4.72. The van der Waals surface area contributed by atoms with Crippen LogP contribution in [0.2, 0.25) is 0 Å². The second-order valence-corrected chi connectivity index (χ2v) is 4.72. The van der Waals surface area contributed by atoms with Crippen LogP contribution in [0.15, 0.2) is 0 Å². The summed E-state index contributed by atoms with van der Waals surface area (Å²) < 4.78 is 5.17. The number of nitrogens with zero attached hydrogens (tertiary/aromatic N) is 1. The Morgan fingerprint density at radius 3 is 2.78 bits per heavy atom. The molecule has 0 spiro atoms. The van der Waals surface area contributed by atoms with Crippen molar-refractivity contribution in [3.8, 4) is 0 Å². The Kier molecular flexibility index (Phi) is 6.72. The molecule has 1 unspecified atom stereocenters. The van der Waals surface area contributed by atoms with E-state index in [0.29, 0.717) is 26.2 Å². The van der Waals surface area contributed by atoms with Crippen molar-refractivity contribution in [3.05, 3.63) is 0 Å². The lowest BCUT2D eigenvalue weighted by Crippen LogP contribution is -2.32. The summed E-state index contributed by atoms with van der Waals surface area (Å²) in [5, 5.41) is 8.78. The van der Waals surface area contributed by atoms with E-state index >= 15 is 0 Å². The van der Waals surface area contributed by atoms with Crippen LogP contribution in [-0.4, -0.2) is 48.2 Å². The van der Waals surface area contributed by atoms with E-state index in [0.717, 1.165) is 25.8 Å². The van der Waals surface area contributed by atoms with Gasteiger partial charge in [0, 0.05) is 26.1 Å². The van der Waals surface area contributed by atoms with Gasteiger partial charge in [0.2, 0.25) is 5.91 Å². The number of carbonyl (C=O) groups is 2. The van der Waals surface area contributed by atoms with Crippen LogP contribution >= 0.6 is 0 Å². The Balaban J connectivity index is 2.32. The summed E-state index contributed by atoms with van der Waals surface area (Å²) in [5.41, 5.74) is 0. The Bertz CT molecular complexity index is 280. The Labute approximate surface area is 108 Å². The number of hydrogen-bond donors (Lipinski definition) is 1. The number of carboxylic acid groups (broad SMARTS) is 1. The van der Waals surface area contributed by atoms with Crippen molar-refractivity contribution in [3.63, 3.8) is 0 Å². The molecule has 0 aromatic heterocycles. The highest BCUT2D eigenvalue weighted by Gasteiger charge is 2.21. The van der Waals surface area contributed by atoms with Gasteiger partial charge >= 0.3 is 5.97 Å². The zero-order chi connectivity index (χ0) is 13.4. The zero-order valence-electron chi connectivity index (χ0n) is 11.1. The molecule has 1 heterocycles. The van der Waals surface area contributed by atoms with Crippen LogP contribution in [0, 0.1) is 5.92 Å². The molecule has 5 nitrogen and oxygen atoms in total. The highest BCUT2D eigenvalue weighted by atomic mass is 16.5. The molecule has 1 saturated heterocycles. The van der Waals surface area contributed by atoms with Gasteiger partial charge in [0.05, 0.1) is 13.0 Å². The molecule has 1 aliphatic rings. The van der Waals surface area contributed by atoms with E-state index in [2.05, 4.69) is 0 Å². The first-order chi connectivity index (χ1) is 8.63. The molecule has 5 heteroatoms. The monoisotopic (exact) mass is 257 g/mol. The van der Waals surface area contributed by atoms with Gasteiger partial charge in [-0.2, -0.15) is 0 Å². The standard InChI is InChI=1S/C13H23NO4/c1-2-18-9-6-12(15)14-7-3-4-11(5-8-14)10-13(16)17/h11H,2-10H2,1H3,(H,16,17). The summed E-state index contributed by atoms with van der Waals surface area (Å²) in [7, 11) is 0. The largest absolute Gasteiger partial charge is 0.481 e. The predicted octanol–water partition coefficient (Wildman–Crippen LogP) is 1.52. The Morgan fingerprint density at radius 2 is 2.11 bits per heavy atom. The molecule has 0 aromatic carbocycles. The van der Waals surface area contributed by atoms with Gasteiger partial charge in [0.1, 0.15) is 0 Å². The van der Waals surface area contributed by atoms with Crippen LogP contribution in [0.4, 0.5) is 0 Å². The summed E-state index contributed by atoms with van der Waals surface area (Å²) in [4.78, 5) is 24.4. The number of aliphatic carboxylic acids is 1. The van der Waals surface area contributed by atoms with Gasteiger partial charge < -0.3 is 14.7 Å². The number of amides is 1. The van der Waals surface area contributed by atoms with Crippen molar-refractivity contribution >= 4 is 11.9 Å². The van der Waals surface area contributed by atoms with Gasteiger partial charge in [-0.15, -0.1) is 0 Å². The summed E-state index contributed by atoms with van der Waals surface area (Å²) in [6, 6.07) is 0. The van der Waals surface area contributed by atoms with E-state index < -0.39 is 5.97 Å². The fraction of sp³-hybridized carbons (Fsp3) is 0.846. The smallest absolute Gasteiger partial charge is 0.303 e.